The molecule has 0 aliphatic carbocycles. The molecule has 25 heavy (non-hydrogen) atoms. The van der Waals surface area contributed by atoms with Gasteiger partial charge in [-0.2, -0.15) is 0 Å². The molecule has 0 aliphatic rings. The van der Waals surface area contributed by atoms with Crippen molar-refractivity contribution in [3.63, 3.8) is 0 Å². The molecule has 6 nitrogen and oxygen atoms in total. The van der Waals surface area contributed by atoms with Crippen LogP contribution in [0.3, 0.4) is 0 Å². The summed E-state index contributed by atoms with van der Waals surface area (Å²) in [7, 11) is 0. The van der Waals surface area contributed by atoms with Gasteiger partial charge in [0.05, 0.1) is 18.9 Å². The summed E-state index contributed by atoms with van der Waals surface area (Å²) in [6, 6.07) is 7.66. The fraction of sp³-hybridized carbons (Fsp3) is 0.444. The lowest BCUT2D eigenvalue weighted by Gasteiger charge is -2.11. The molecular weight excluding hydrogens is 340 g/mol. The van der Waals surface area contributed by atoms with Gasteiger partial charge in [0.25, 0.3) is 0 Å². The summed E-state index contributed by atoms with van der Waals surface area (Å²) in [5, 5.41) is 7.14. The average molecular weight is 365 g/mol. The molecule has 2 rings (SSSR count). The molecule has 0 radical (unpaired) electrons. The quantitative estimate of drug-likeness (QED) is 0.427. The van der Waals surface area contributed by atoms with Crippen molar-refractivity contribution in [2.75, 3.05) is 19.7 Å². The largest absolute Gasteiger partial charge is 0.444 e. The molecule has 1 aromatic carbocycles. The zero-order chi connectivity index (χ0) is 18.1. The Kier molecular flexibility index (Phi) is 7.76. The summed E-state index contributed by atoms with van der Waals surface area (Å²) in [6.45, 7) is 8.76. The third kappa shape index (κ3) is 6.76. The van der Waals surface area contributed by atoms with Gasteiger partial charge < -0.3 is 19.8 Å². The van der Waals surface area contributed by atoms with Crippen LogP contribution in [-0.2, 0) is 17.9 Å². The Morgan fingerprint density at radius 1 is 1.32 bits per heavy atom. The lowest BCUT2D eigenvalue weighted by molar-refractivity contribution is 0.125. The van der Waals surface area contributed by atoms with Gasteiger partial charge in [0.1, 0.15) is 12.3 Å². The maximum Gasteiger partial charge on any atom is 0.216 e. The highest BCUT2D eigenvalue weighted by molar-refractivity contribution is 6.30. The zero-order valence-corrected chi connectivity index (χ0v) is 15.7. The molecule has 0 spiro atoms. The molecule has 0 saturated heterocycles. The van der Waals surface area contributed by atoms with Crippen LogP contribution in [-0.4, -0.2) is 30.6 Å². The van der Waals surface area contributed by atoms with Crippen molar-refractivity contribution in [2.45, 2.75) is 33.9 Å². The van der Waals surface area contributed by atoms with Crippen LogP contribution in [0.2, 0.25) is 5.02 Å². The van der Waals surface area contributed by atoms with Crippen molar-refractivity contribution in [1.29, 1.82) is 0 Å². The minimum atomic E-state index is 0.396. The number of hydrogen-bond acceptors (Lipinski definition) is 4. The molecule has 7 heteroatoms. The van der Waals surface area contributed by atoms with Gasteiger partial charge in [0, 0.05) is 18.1 Å². The number of nitrogens with zero attached hydrogens (tertiary/aromatic N) is 2. The third-order valence-corrected chi connectivity index (χ3v) is 3.72. The Bertz CT molecular complexity index is 681. The standard InChI is InChI=1S/C18H25ClN4O2/c1-4-20-18(22-11-17-23-13(2)14(3)25-17)21-8-9-24-12-15-6-5-7-16(19)10-15/h5-7,10H,4,8-9,11-12H2,1-3H3,(H2,20,21,22). The normalized spacial score (nSPS) is 11.6. The Balaban J connectivity index is 1.74. The van der Waals surface area contributed by atoms with E-state index in [0.717, 1.165) is 28.6 Å². The first kappa shape index (κ1) is 19.3. The number of aliphatic imine (C=N–C) groups is 1. The van der Waals surface area contributed by atoms with Crippen LogP contribution >= 0.6 is 11.6 Å². The second kappa shape index (κ2) is 10.1. The van der Waals surface area contributed by atoms with E-state index in [1.54, 1.807) is 0 Å². The second-order valence-electron chi connectivity index (χ2n) is 5.55. The van der Waals surface area contributed by atoms with Crippen LogP contribution in [0.25, 0.3) is 0 Å². The predicted molar refractivity (Wildman–Crippen MR) is 99.9 cm³/mol. The Labute approximate surface area is 153 Å². The molecule has 0 bridgehead atoms. The highest BCUT2D eigenvalue weighted by Gasteiger charge is 2.05. The topological polar surface area (TPSA) is 71.7 Å². The lowest BCUT2D eigenvalue weighted by atomic mass is 10.2. The van der Waals surface area contributed by atoms with Gasteiger partial charge in [-0.05, 0) is 38.5 Å². The van der Waals surface area contributed by atoms with Gasteiger partial charge in [-0.25, -0.2) is 9.98 Å². The molecule has 0 aliphatic heterocycles. The maximum absolute atomic E-state index is 5.95. The summed E-state index contributed by atoms with van der Waals surface area (Å²) in [5.74, 6) is 2.16. The molecule has 2 aromatic rings. The number of aryl methyl sites for hydroxylation is 2. The highest BCUT2D eigenvalue weighted by Crippen LogP contribution is 2.11. The van der Waals surface area contributed by atoms with Gasteiger partial charge in [-0.1, -0.05) is 23.7 Å². The third-order valence-electron chi connectivity index (χ3n) is 3.49. The van der Waals surface area contributed by atoms with Crippen molar-refractivity contribution in [2.24, 2.45) is 4.99 Å². The van der Waals surface area contributed by atoms with Crippen LogP contribution in [0.15, 0.2) is 33.7 Å². The first-order valence-electron chi connectivity index (χ1n) is 8.35. The Morgan fingerprint density at radius 2 is 2.16 bits per heavy atom. The number of nitrogens with one attached hydrogen (secondary N) is 2. The van der Waals surface area contributed by atoms with E-state index < -0.39 is 0 Å². The molecular formula is C18H25ClN4O2. The van der Waals surface area contributed by atoms with Crippen molar-refractivity contribution >= 4 is 17.6 Å². The monoisotopic (exact) mass is 364 g/mol. The van der Waals surface area contributed by atoms with Gasteiger partial charge in [-0.15, -0.1) is 0 Å². The van der Waals surface area contributed by atoms with E-state index in [4.69, 9.17) is 20.8 Å². The Hall–Kier alpha value is -2.05. The maximum atomic E-state index is 5.95. The van der Waals surface area contributed by atoms with E-state index in [0.29, 0.717) is 38.2 Å². The first-order chi connectivity index (χ1) is 12.1. The molecule has 1 aromatic heterocycles. The number of oxazole rings is 1. The molecule has 1 heterocycles. The fourth-order valence-corrected chi connectivity index (χ4v) is 2.37. The number of benzene rings is 1. The molecule has 136 valence electrons. The zero-order valence-electron chi connectivity index (χ0n) is 14.9. The van der Waals surface area contributed by atoms with Gasteiger partial charge in [0.2, 0.25) is 5.89 Å². The van der Waals surface area contributed by atoms with Crippen molar-refractivity contribution < 1.29 is 9.15 Å². The van der Waals surface area contributed by atoms with Gasteiger partial charge in [-0.3, -0.25) is 0 Å². The van der Waals surface area contributed by atoms with E-state index in [2.05, 4.69) is 20.6 Å². The first-order valence-corrected chi connectivity index (χ1v) is 8.73. The van der Waals surface area contributed by atoms with Crippen molar-refractivity contribution in [3.05, 3.63) is 52.2 Å². The molecule has 0 saturated carbocycles. The lowest BCUT2D eigenvalue weighted by Crippen LogP contribution is -2.39. The molecule has 2 N–H and O–H groups in total. The summed E-state index contributed by atoms with van der Waals surface area (Å²) < 4.78 is 11.2. The summed E-state index contributed by atoms with van der Waals surface area (Å²) in [4.78, 5) is 8.80. The number of rotatable bonds is 8. The summed E-state index contributed by atoms with van der Waals surface area (Å²) in [6.07, 6.45) is 0. The molecule has 0 atom stereocenters. The molecule has 0 unspecified atom stereocenters. The van der Waals surface area contributed by atoms with E-state index in [9.17, 15) is 0 Å². The van der Waals surface area contributed by atoms with Crippen LogP contribution in [0.5, 0.6) is 0 Å². The second-order valence-corrected chi connectivity index (χ2v) is 5.99. The number of aromatic nitrogens is 1. The minimum Gasteiger partial charge on any atom is -0.444 e. The van der Waals surface area contributed by atoms with Gasteiger partial charge in [0.15, 0.2) is 5.96 Å². The average Bonchev–Trinajstić information content (AvgIpc) is 2.90. The summed E-state index contributed by atoms with van der Waals surface area (Å²) in [5.41, 5.74) is 1.96. The van der Waals surface area contributed by atoms with Crippen LogP contribution in [0.4, 0.5) is 0 Å². The smallest absolute Gasteiger partial charge is 0.216 e. The molecule has 0 fully saturated rings. The summed E-state index contributed by atoms with van der Waals surface area (Å²) >= 11 is 5.95. The minimum absolute atomic E-state index is 0.396. The van der Waals surface area contributed by atoms with E-state index in [1.807, 2.05) is 45.0 Å². The predicted octanol–water partition coefficient (Wildman–Crippen LogP) is 3.22. The number of hydrogen-bond donors (Lipinski definition) is 2. The van der Waals surface area contributed by atoms with Crippen molar-refractivity contribution in [3.8, 4) is 0 Å². The Morgan fingerprint density at radius 3 is 2.84 bits per heavy atom. The van der Waals surface area contributed by atoms with Crippen LogP contribution in [0.1, 0.15) is 29.8 Å². The van der Waals surface area contributed by atoms with E-state index >= 15 is 0 Å². The van der Waals surface area contributed by atoms with E-state index in [1.165, 1.54) is 0 Å². The van der Waals surface area contributed by atoms with Crippen LogP contribution < -0.4 is 10.6 Å². The van der Waals surface area contributed by atoms with Crippen molar-refractivity contribution in [1.82, 2.24) is 15.6 Å². The number of halogens is 1. The number of ether oxygens (including phenoxy) is 1. The molecule has 0 amide bonds. The number of guanidine groups is 1. The SMILES string of the molecule is CCNC(=NCc1nc(C)c(C)o1)NCCOCc1cccc(Cl)c1. The van der Waals surface area contributed by atoms with E-state index in [-0.39, 0.29) is 0 Å². The highest BCUT2D eigenvalue weighted by atomic mass is 35.5. The van der Waals surface area contributed by atoms with Gasteiger partial charge >= 0.3 is 0 Å². The fourth-order valence-electron chi connectivity index (χ4n) is 2.15. The van der Waals surface area contributed by atoms with Crippen LogP contribution in [0, 0.1) is 13.8 Å².